The Bertz CT molecular complexity index is 662. The van der Waals surface area contributed by atoms with Crippen molar-refractivity contribution in [3.05, 3.63) is 67.3 Å². The maximum Gasteiger partial charge on any atom is 0.335 e. The van der Waals surface area contributed by atoms with E-state index in [-0.39, 0.29) is 0 Å². The summed E-state index contributed by atoms with van der Waals surface area (Å²) < 4.78 is 4.81. The summed E-state index contributed by atoms with van der Waals surface area (Å²) in [6.07, 6.45) is 1.13. The minimum atomic E-state index is -0.434. The minimum absolute atomic E-state index is 0.434. The highest BCUT2D eigenvalue weighted by Crippen LogP contribution is 2.08. The summed E-state index contributed by atoms with van der Waals surface area (Å²) in [4.78, 5) is 10.6. The lowest BCUT2D eigenvalue weighted by molar-refractivity contribution is -0.128. The van der Waals surface area contributed by atoms with Gasteiger partial charge < -0.3 is 4.74 Å². The predicted octanol–water partition coefficient (Wildman–Crippen LogP) is 2.74. The molecule has 3 rings (SSSR count). The molecule has 0 aliphatic rings. The van der Waals surface area contributed by atoms with Crippen molar-refractivity contribution in [2.24, 2.45) is 0 Å². The molecule has 0 radical (unpaired) electrons. The number of ether oxygens (including phenoxy) is 1. The van der Waals surface area contributed by atoms with E-state index in [1.54, 1.807) is 24.3 Å². The van der Waals surface area contributed by atoms with Crippen LogP contribution in [0.15, 0.2) is 67.3 Å². The van der Waals surface area contributed by atoms with Crippen LogP contribution < -0.4 is 4.74 Å². The van der Waals surface area contributed by atoms with Gasteiger partial charge in [0.15, 0.2) is 0 Å². The fourth-order valence-electron chi connectivity index (χ4n) is 1.43. The number of esters is 1. The Morgan fingerprint density at radius 3 is 2.10 bits per heavy atom. The fraction of sp³-hybridized carbons (Fsp3) is 0. The van der Waals surface area contributed by atoms with Gasteiger partial charge in [0.1, 0.15) is 16.8 Å². The average molecular weight is 267 g/mol. The second-order valence-electron chi connectivity index (χ2n) is 3.75. The van der Waals surface area contributed by atoms with Gasteiger partial charge in [-0.1, -0.05) is 36.9 Å². The Labute approximate surface area is 115 Å². The number of carbonyl (C=O) groups excluding carboxylic acids is 1. The highest BCUT2D eigenvalue weighted by molar-refractivity contribution is 5.83. The first-order valence-corrected chi connectivity index (χ1v) is 5.94. The molecular formula is C15H13N3O2. The number of hydrogen-bond acceptors (Lipinski definition) is 4. The number of nitrogens with zero attached hydrogens (tertiary/aromatic N) is 2. The van der Waals surface area contributed by atoms with Crippen LogP contribution in [0.2, 0.25) is 0 Å². The molecule has 0 unspecified atom stereocenters. The van der Waals surface area contributed by atoms with Crippen LogP contribution in [0.5, 0.6) is 5.75 Å². The molecule has 20 heavy (non-hydrogen) atoms. The van der Waals surface area contributed by atoms with Crippen LogP contribution in [0.4, 0.5) is 0 Å². The van der Waals surface area contributed by atoms with Gasteiger partial charge in [-0.25, -0.2) is 4.79 Å². The largest absolute Gasteiger partial charge is 0.423 e. The number of hydrogen-bond donors (Lipinski definition) is 1. The van der Waals surface area contributed by atoms with Gasteiger partial charge in [-0.05, 0) is 24.3 Å². The third-order valence-electron chi connectivity index (χ3n) is 2.35. The Hall–Kier alpha value is -2.95. The van der Waals surface area contributed by atoms with Crippen LogP contribution in [-0.4, -0.2) is 21.4 Å². The van der Waals surface area contributed by atoms with E-state index < -0.39 is 5.97 Å². The van der Waals surface area contributed by atoms with E-state index in [0.717, 1.165) is 17.1 Å². The fourth-order valence-corrected chi connectivity index (χ4v) is 1.43. The van der Waals surface area contributed by atoms with Gasteiger partial charge in [-0.2, -0.15) is 15.4 Å². The zero-order valence-corrected chi connectivity index (χ0v) is 10.7. The van der Waals surface area contributed by atoms with Crippen LogP contribution in [-0.2, 0) is 4.79 Å². The number of carbonyl (C=O) groups is 1. The summed E-state index contributed by atoms with van der Waals surface area (Å²) in [5, 5.41) is 10.3. The molecule has 0 aliphatic carbocycles. The van der Waals surface area contributed by atoms with E-state index in [4.69, 9.17) is 4.74 Å². The van der Waals surface area contributed by atoms with Gasteiger partial charge in [0.25, 0.3) is 0 Å². The number of nitrogens with one attached hydrogen (secondary N) is 1. The summed E-state index contributed by atoms with van der Waals surface area (Å²) >= 11 is 0. The smallest absolute Gasteiger partial charge is 0.335 e. The molecule has 5 nitrogen and oxygen atoms in total. The predicted molar refractivity (Wildman–Crippen MR) is 76.2 cm³/mol. The molecular weight excluding hydrogens is 254 g/mol. The molecule has 0 saturated heterocycles. The third-order valence-corrected chi connectivity index (χ3v) is 2.35. The van der Waals surface area contributed by atoms with E-state index in [1.807, 2.05) is 30.3 Å². The van der Waals surface area contributed by atoms with Gasteiger partial charge in [0, 0.05) is 6.08 Å². The second-order valence-corrected chi connectivity index (χ2v) is 3.75. The normalized spacial score (nSPS) is 9.40. The van der Waals surface area contributed by atoms with Crippen molar-refractivity contribution in [2.45, 2.75) is 0 Å². The molecule has 3 aromatic rings. The van der Waals surface area contributed by atoms with E-state index in [1.165, 1.54) is 0 Å². The van der Waals surface area contributed by atoms with Crippen molar-refractivity contribution in [1.29, 1.82) is 0 Å². The number of rotatable bonds is 2. The van der Waals surface area contributed by atoms with Gasteiger partial charge in [-0.15, -0.1) is 0 Å². The van der Waals surface area contributed by atoms with Gasteiger partial charge in [0.05, 0.1) is 0 Å². The summed E-state index contributed by atoms with van der Waals surface area (Å²) in [6.45, 7) is 3.28. The van der Waals surface area contributed by atoms with Crippen molar-refractivity contribution >= 4 is 17.0 Å². The standard InChI is InChI=1S/C9H8O2.C6H5N3/c1-2-9(10)11-8-6-4-3-5-7-8;1-2-4-6-5(3-1)7-9-8-6/h2-7H,1H2;1-4H,(H,7,8,9). The van der Waals surface area contributed by atoms with E-state index in [9.17, 15) is 4.79 Å². The first-order chi connectivity index (χ1) is 9.79. The molecule has 5 heteroatoms. The lowest BCUT2D eigenvalue weighted by Crippen LogP contribution is -2.02. The SMILES string of the molecule is C=CC(=O)Oc1ccccc1.c1ccc2n[nH]nc2c1. The zero-order chi connectivity index (χ0) is 14.2. The second kappa shape index (κ2) is 6.84. The summed E-state index contributed by atoms with van der Waals surface area (Å²) in [5.74, 6) is 0.105. The quantitative estimate of drug-likeness (QED) is 0.440. The first kappa shape index (κ1) is 13.5. The number of H-pyrrole nitrogens is 1. The van der Waals surface area contributed by atoms with Crippen LogP contribution in [0, 0.1) is 0 Å². The molecule has 0 saturated carbocycles. The Morgan fingerprint density at radius 1 is 1.00 bits per heavy atom. The van der Waals surface area contributed by atoms with Crippen molar-refractivity contribution < 1.29 is 9.53 Å². The lowest BCUT2D eigenvalue weighted by Gasteiger charge is -1.98. The third kappa shape index (κ3) is 3.78. The van der Waals surface area contributed by atoms with E-state index in [2.05, 4.69) is 22.0 Å². The molecule has 100 valence electrons. The molecule has 1 N–H and O–H groups in total. The Balaban J connectivity index is 0.000000149. The number of benzene rings is 2. The van der Waals surface area contributed by atoms with Crippen LogP contribution in [0.3, 0.4) is 0 Å². The summed E-state index contributed by atoms with van der Waals surface area (Å²) in [6, 6.07) is 16.6. The summed E-state index contributed by atoms with van der Waals surface area (Å²) in [5.41, 5.74) is 1.83. The molecule has 0 amide bonds. The van der Waals surface area contributed by atoms with Crippen LogP contribution >= 0.6 is 0 Å². The average Bonchev–Trinajstić information content (AvgIpc) is 2.97. The number of fused-ring (bicyclic) bond motifs is 1. The highest BCUT2D eigenvalue weighted by atomic mass is 16.5. The molecule has 0 atom stereocenters. The van der Waals surface area contributed by atoms with Gasteiger partial charge in [0.2, 0.25) is 0 Å². The van der Waals surface area contributed by atoms with Gasteiger partial charge >= 0.3 is 5.97 Å². The number of aromatic amines is 1. The number of aromatic nitrogens is 3. The van der Waals surface area contributed by atoms with Crippen molar-refractivity contribution in [3.8, 4) is 5.75 Å². The van der Waals surface area contributed by atoms with Crippen molar-refractivity contribution in [3.63, 3.8) is 0 Å². The maximum atomic E-state index is 10.6. The van der Waals surface area contributed by atoms with Crippen LogP contribution in [0.25, 0.3) is 11.0 Å². The lowest BCUT2D eigenvalue weighted by atomic mass is 10.3. The molecule has 0 bridgehead atoms. The Kier molecular flexibility index (Phi) is 4.61. The molecule has 2 aromatic carbocycles. The molecule has 0 fully saturated rings. The topological polar surface area (TPSA) is 67.9 Å². The van der Waals surface area contributed by atoms with E-state index in [0.29, 0.717) is 5.75 Å². The highest BCUT2D eigenvalue weighted by Gasteiger charge is 1.95. The Morgan fingerprint density at radius 2 is 1.55 bits per heavy atom. The number of para-hydroxylation sites is 3. The summed E-state index contributed by atoms with van der Waals surface area (Å²) in [7, 11) is 0. The maximum absolute atomic E-state index is 10.6. The zero-order valence-electron chi connectivity index (χ0n) is 10.7. The molecule has 1 heterocycles. The molecule has 0 spiro atoms. The molecule has 1 aromatic heterocycles. The first-order valence-electron chi connectivity index (χ1n) is 5.94. The minimum Gasteiger partial charge on any atom is -0.423 e. The van der Waals surface area contributed by atoms with Gasteiger partial charge in [-0.3, -0.25) is 0 Å². The van der Waals surface area contributed by atoms with Crippen molar-refractivity contribution in [2.75, 3.05) is 0 Å². The van der Waals surface area contributed by atoms with Crippen LogP contribution in [0.1, 0.15) is 0 Å². The van der Waals surface area contributed by atoms with Crippen molar-refractivity contribution in [1.82, 2.24) is 15.4 Å². The van der Waals surface area contributed by atoms with E-state index >= 15 is 0 Å². The monoisotopic (exact) mass is 267 g/mol. The molecule has 0 aliphatic heterocycles.